The molecule has 0 amide bonds. The van der Waals surface area contributed by atoms with Crippen molar-refractivity contribution in [2.75, 3.05) is 0 Å². The summed E-state index contributed by atoms with van der Waals surface area (Å²) in [7, 11) is 0. The van der Waals surface area contributed by atoms with E-state index in [2.05, 4.69) is 4.98 Å². The van der Waals surface area contributed by atoms with Crippen molar-refractivity contribution in [3.8, 4) is 5.75 Å². The number of carboxylic acids is 2. The van der Waals surface area contributed by atoms with Gasteiger partial charge >= 0.3 is 11.9 Å². The maximum Gasteiger partial charge on any atom is 0.354 e. The molecule has 6 nitrogen and oxygen atoms in total. The minimum atomic E-state index is -1.25. The lowest BCUT2D eigenvalue weighted by Crippen LogP contribution is -2.20. The number of ether oxygens (including phenoxy) is 1. The van der Waals surface area contributed by atoms with E-state index in [1.807, 2.05) is 41.5 Å². The molecule has 0 saturated carbocycles. The van der Waals surface area contributed by atoms with Crippen LogP contribution < -0.4 is 4.74 Å². The molecular weight excluding hydrogens is 286 g/mol. The molecule has 0 aliphatic heterocycles. The van der Waals surface area contributed by atoms with Gasteiger partial charge in [-0.25, -0.2) is 14.6 Å². The SMILES string of the molecule is CC(C)Oc1c(C(C)C)c(C(=O)O)nc(C(=O)O)c1C(C)C. The highest BCUT2D eigenvalue weighted by molar-refractivity contribution is 5.94. The van der Waals surface area contributed by atoms with Crippen molar-refractivity contribution in [3.05, 3.63) is 22.5 Å². The second-order valence-corrected chi connectivity index (χ2v) is 6.05. The van der Waals surface area contributed by atoms with E-state index in [1.54, 1.807) is 0 Å². The molecule has 122 valence electrons. The Kier molecular flexibility index (Phi) is 5.52. The minimum absolute atomic E-state index is 0.160. The number of rotatable bonds is 6. The molecule has 0 fully saturated rings. The number of carboxylic acid groups (broad SMARTS) is 2. The maximum atomic E-state index is 11.5. The van der Waals surface area contributed by atoms with Crippen molar-refractivity contribution in [1.82, 2.24) is 4.98 Å². The Labute approximate surface area is 130 Å². The van der Waals surface area contributed by atoms with Gasteiger partial charge in [-0.2, -0.15) is 0 Å². The van der Waals surface area contributed by atoms with Crippen molar-refractivity contribution in [3.63, 3.8) is 0 Å². The van der Waals surface area contributed by atoms with Gasteiger partial charge in [-0.1, -0.05) is 27.7 Å². The first kappa shape index (κ1) is 17.9. The molecule has 0 aliphatic rings. The predicted molar refractivity (Wildman–Crippen MR) is 82.1 cm³/mol. The number of nitrogens with zero attached hydrogens (tertiary/aromatic N) is 1. The summed E-state index contributed by atoms with van der Waals surface area (Å²) in [5.74, 6) is -2.49. The van der Waals surface area contributed by atoms with Crippen LogP contribution in [0.15, 0.2) is 0 Å². The summed E-state index contributed by atoms with van der Waals surface area (Å²) in [5.41, 5.74) is 0.365. The molecule has 1 aromatic rings. The van der Waals surface area contributed by atoms with Crippen LogP contribution in [0, 0.1) is 0 Å². The smallest absolute Gasteiger partial charge is 0.354 e. The first-order valence-electron chi connectivity index (χ1n) is 7.28. The lowest BCUT2D eigenvalue weighted by molar-refractivity contribution is 0.0680. The molecule has 0 unspecified atom stereocenters. The molecule has 0 bridgehead atoms. The van der Waals surface area contributed by atoms with E-state index in [0.717, 1.165) is 0 Å². The third-order valence-electron chi connectivity index (χ3n) is 3.14. The monoisotopic (exact) mass is 309 g/mol. The molecule has 0 radical (unpaired) electrons. The molecular formula is C16H23NO5. The lowest BCUT2D eigenvalue weighted by atomic mass is 9.91. The van der Waals surface area contributed by atoms with Gasteiger partial charge in [0.05, 0.1) is 6.10 Å². The molecule has 22 heavy (non-hydrogen) atoms. The van der Waals surface area contributed by atoms with E-state index >= 15 is 0 Å². The highest BCUT2D eigenvalue weighted by Crippen LogP contribution is 2.38. The first-order chi connectivity index (χ1) is 10.1. The van der Waals surface area contributed by atoms with Crippen molar-refractivity contribution < 1.29 is 24.5 Å². The number of pyridine rings is 1. The number of aromatic carboxylic acids is 2. The van der Waals surface area contributed by atoms with Crippen LogP contribution in [0.1, 0.15) is 85.5 Å². The quantitative estimate of drug-likeness (QED) is 0.834. The Morgan fingerprint density at radius 3 is 1.45 bits per heavy atom. The summed E-state index contributed by atoms with van der Waals surface area (Å²) in [6.07, 6.45) is -0.208. The Hall–Kier alpha value is -2.11. The molecule has 2 N–H and O–H groups in total. The molecule has 0 saturated heterocycles. The van der Waals surface area contributed by atoms with Crippen LogP contribution in [0.2, 0.25) is 0 Å². The van der Waals surface area contributed by atoms with Crippen molar-refractivity contribution in [2.24, 2.45) is 0 Å². The zero-order chi connectivity index (χ0) is 17.2. The minimum Gasteiger partial charge on any atom is -0.490 e. The van der Waals surface area contributed by atoms with Gasteiger partial charge in [0.2, 0.25) is 0 Å². The molecule has 0 aliphatic carbocycles. The summed E-state index contributed by atoms with van der Waals surface area (Å²) in [6.45, 7) is 11.0. The summed E-state index contributed by atoms with van der Waals surface area (Å²) < 4.78 is 5.81. The van der Waals surface area contributed by atoms with Crippen LogP contribution in [0.3, 0.4) is 0 Å². The van der Waals surface area contributed by atoms with E-state index in [9.17, 15) is 19.8 Å². The number of hydrogen-bond donors (Lipinski definition) is 2. The highest BCUT2D eigenvalue weighted by atomic mass is 16.5. The van der Waals surface area contributed by atoms with Gasteiger partial charge < -0.3 is 14.9 Å². The van der Waals surface area contributed by atoms with Gasteiger partial charge in [0.15, 0.2) is 11.4 Å². The fraction of sp³-hybridized carbons (Fsp3) is 0.562. The van der Waals surface area contributed by atoms with Gasteiger partial charge in [0.25, 0.3) is 0 Å². The Morgan fingerprint density at radius 1 is 0.864 bits per heavy atom. The van der Waals surface area contributed by atoms with E-state index in [4.69, 9.17) is 4.74 Å². The molecule has 1 rings (SSSR count). The average molecular weight is 309 g/mol. The van der Waals surface area contributed by atoms with E-state index < -0.39 is 11.9 Å². The summed E-state index contributed by atoms with van der Waals surface area (Å²) in [6, 6.07) is 0. The number of carbonyl (C=O) groups is 2. The van der Waals surface area contributed by atoms with E-state index in [0.29, 0.717) is 16.9 Å². The second-order valence-electron chi connectivity index (χ2n) is 6.05. The molecule has 0 atom stereocenters. The highest BCUT2D eigenvalue weighted by Gasteiger charge is 2.30. The largest absolute Gasteiger partial charge is 0.490 e. The van der Waals surface area contributed by atoms with Crippen LogP contribution >= 0.6 is 0 Å². The second kappa shape index (κ2) is 6.77. The fourth-order valence-corrected chi connectivity index (χ4v) is 2.35. The van der Waals surface area contributed by atoms with Crippen LogP contribution in [0.4, 0.5) is 0 Å². The molecule has 1 heterocycles. The van der Waals surface area contributed by atoms with Crippen LogP contribution in [0.5, 0.6) is 5.75 Å². The van der Waals surface area contributed by atoms with Crippen molar-refractivity contribution in [2.45, 2.75) is 59.5 Å². The number of hydrogen-bond acceptors (Lipinski definition) is 4. The predicted octanol–water partition coefficient (Wildman–Crippen LogP) is 3.51. The summed E-state index contributed by atoms with van der Waals surface area (Å²) >= 11 is 0. The van der Waals surface area contributed by atoms with Crippen LogP contribution in [0.25, 0.3) is 0 Å². The molecule has 0 aromatic carbocycles. The molecule has 0 spiro atoms. The fourth-order valence-electron chi connectivity index (χ4n) is 2.35. The third kappa shape index (κ3) is 3.55. The molecule has 1 aromatic heterocycles. The van der Waals surface area contributed by atoms with Crippen molar-refractivity contribution in [1.29, 1.82) is 0 Å². The third-order valence-corrected chi connectivity index (χ3v) is 3.14. The van der Waals surface area contributed by atoms with Crippen LogP contribution in [-0.2, 0) is 0 Å². The summed E-state index contributed by atoms with van der Waals surface area (Å²) in [5, 5.41) is 18.8. The lowest BCUT2D eigenvalue weighted by Gasteiger charge is -2.24. The topological polar surface area (TPSA) is 96.7 Å². The number of aromatic nitrogens is 1. The zero-order valence-electron chi connectivity index (χ0n) is 13.8. The van der Waals surface area contributed by atoms with Gasteiger partial charge in [-0.05, 0) is 25.7 Å². The summed E-state index contributed by atoms with van der Waals surface area (Å²) in [4.78, 5) is 26.9. The Morgan fingerprint density at radius 2 is 1.23 bits per heavy atom. The van der Waals surface area contributed by atoms with E-state index in [-0.39, 0.29) is 29.3 Å². The van der Waals surface area contributed by atoms with Crippen LogP contribution in [-0.4, -0.2) is 33.2 Å². The standard InChI is InChI=1S/C16H23NO5/c1-7(2)10-12(15(18)19)17-13(16(20)21)11(8(3)4)14(10)22-9(5)6/h7-9H,1-6H3,(H,18,19)(H,20,21). The van der Waals surface area contributed by atoms with E-state index in [1.165, 1.54) is 0 Å². The van der Waals surface area contributed by atoms with Gasteiger partial charge in [-0.3, -0.25) is 0 Å². The molecule has 6 heteroatoms. The van der Waals surface area contributed by atoms with Crippen molar-refractivity contribution >= 4 is 11.9 Å². The Bertz CT molecular complexity index is 546. The Balaban J connectivity index is 3.91. The van der Waals surface area contributed by atoms with Gasteiger partial charge in [0, 0.05) is 11.1 Å². The van der Waals surface area contributed by atoms with Gasteiger partial charge in [-0.15, -0.1) is 0 Å². The van der Waals surface area contributed by atoms with Gasteiger partial charge in [0.1, 0.15) is 5.75 Å². The first-order valence-corrected chi connectivity index (χ1v) is 7.28. The average Bonchev–Trinajstić information content (AvgIpc) is 2.35. The normalized spacial score (nSPS) is 11.3. The maximum absolute atomic E-state index is 11.5. The zero-order valence-corrected chi connectivity index (χ0v) is 13.8.